The van der Waals surface area contributed by atoms with Crippen molar-refractivity contribution in [3.8, 4) is 11.1 Å². The first-order valence-corrected chi connectivity index (χ1v) is 7.45. The quantitative estimate of drug-likeness (QED) is 0.582. The average molecular weight is 285 g/mol. The summed E-state index contributed by atoms with van der Waals surface area (Å²) in [6.07, 6.45) is 0.882. The molecule has 0 amide bonds. The highest BCUT2D eigenvalue weighted by atomic mass is 35.5. The number of hydrogen-bond acceptors (Lipinski definition) is 1. The lowest BCUT2D eigenvalue weighted by atomic mass is 9.99. The van der Waals surface area contributed by atoms with Crippen molar-refractivity contribution in [3.05, 3.63) is 81.5 Å². The summed E-state index contributed by atoms with van der Waals surface area (Å²) >= 11 is 7.97. The second-order valence-electron chi connectivity index (χ2n) is 4.43. The zero-order valence-corrected chi connectivity index (χ0v) is 11.9. The largest absolute Gasteiger partial charge is 0.131 e. The zero-order chi connectivity index (χ0) is 13.1. The van der Waals surface area contributed by atoms with Gasteiger partial charge in [0, 0.05) is 11.8 Å². The molecule has 0 fully saturated rings. The summed E-state index contributed by atoms with van der Waals surface area (Å²) in [5.74, 6) is 0. The molecule has 0 saturated carbocycles. The van der Waals surface area contributed by atoms with Gasteiger partial charge < -0.3 is 0 Å². The monoisotopic (exact) mass is 284 g/mol. The van der Waals surface area contributed by atoms with Crippen molar-refractivity contribution in [1.82, 2.24) is 0 Å². The summed E-state index contributed by atoms with van der Waals surface area (Å²) in [6, 6.07) is 20.9. The minimum atomic E-state index is 0.882. The third-order valence-corrected chi connectivity index (χ3v) is 4.45. The van der Waals surface area contributed by atoms with Crippen LogP contribution < -0.4 is 0 Å². The van der Waals surface area contributed by atoms with Gasteiger partial charge in [0.05, 0.1) is 4.34 Å². The van der Waals surface area contributed by atoms with E-state index in [4.69, 9.17) is 11.6 Å². The molecule has 94 valence electrons. The topological polar surface area (TPSA) is 0 Å². The van der Waals surface area contributed by atoms with E-state index < -0.39 is 0 Å². The Morgan fingerprint density at radius 3 is 2.16 bits per heavy atom. The molecule has 0 bridgehead atoms. The summed E-state index contributed by atoms with van der Waals surface area (Å²) < 4.78 is 0.891. The molecule has 19 heavy (non-hydrogen) atoms. The lowest BCUT2D eigenvalue weighted by Gasteiger charge is -2.05. The van der Waals surface area contributed by atoms with Gasteiger partial charge in [-0.25, -0.2) is 0 Å². The highest BCUT2D eigenvalue weighted by Crippen LogP contribution is 2.36. The van der Waals surface area contributed by atoms with Crippen molar-refractivity contribution in [3.63, 3.8) is 0 Å². The van der Waals surface area contributed by atoms with Crippen molar-refractivity contribution in [2.24, 2.45) is 0 Å². The Morgan fingerprint density at radius 2 is 1.47 bits per heavy atom. The molecule has 0 aliphatic rings. The van der Waals surface area contributed by atoms with Gasteiger partial charge in [-0.15, -0.1) is 11.3 Å². The van der Waals surface area contributed by atoms with Crippen LogP contribution in [-0.2, 0) is 6.42 Å². The summed E-state index contributed by atoms with van der Waals surface area (Å²) in [7, 11) is 0. The lowest BCUT2D eigenvalue weighted by Crippen LogP contribution is -1.89. The maximum Gasteiger partial charge on any atom is 0.0970 e. The van der Waals surface area contributed by atoms with Crippen LogP contribution in [0.5, 0.6) is 0 Å². The van der Waals surface area contributed by atoms with E-state index in [0.29, 0.717) is 0 Å². The highest BCUT2D eigenvalue weighted by molar-refractivity contribution is 7.15. The molecule has 1 heterocycles. The van der Waals surface area contributed by atoms with Crippen LogP contribution in [0.25, 0.3) is 11.1 Å². The van der Waals surface area contributed by atoms with Gasteiger partial charge in [-0.3, -0.25) is 0 Å². The maximum atomic E-state index is 6.36. The third kappa shape index (κ3) is 2.73. The number of benzene rings is 2. The number of halogens is 1. The van der Waals surface area contributed by atoms with Crippen molar-refractivity contribution < 1.29 is 0 Å². The third-order valence-electron chi connectivity index (χ3n) is 3.15. The fraction of sp³-hybridized carbons (Fsp3) is 0.0588. The standard InChI is InChI=1S/C17H13ClS/c18-17-15(11-13-7-3-1-4-8-13)16(12-19-17)14-9-5-2-6-10-14/h1-10,12H,11H2. The predicted octanol–water partition coefficient (Wildman–Crippen LogP) is 5.66. The lowest BCUT2D eigenvalue weighted by molar-refractivity contribution is 1.21. The van der Waals surface area contributed by atoms with Crippen LogP contribution in [0.15, 0.2) is 66.0 Å². The first kappa shape index (κ1) is 12.5. The van der Waals surface area contributed by atoms with Gasteiger partial charge in [-0.1, -0.05) is 72.3 Å². The molecule has 3 rings (SSSR count). The molecular formula is C17H13ClS. The fourth-order valence-electron chi connectivity index (χ4n) is 2.18. The second-order valence-corrected chi connectivity index (χ2v) is 5.91. The minimum Gasteiger partial charge on any atom is -0.131 e. The number of thiophene rings is 1. The first-order chi connectivity index (χ1) is 9.34. The molecular weight excluding hydrogens is 272 g/mol. The molecule has 0 N–H and O–H groups in total. The van der Waals surface area contributed by atoms with E-state index in [-0.39, 0.29) is 0 Å². The van der Waals surface area contributed by atoms with E-state index in [1.807, 2.05) is 12.1 Å². The Kier molecular flexibility index (Phi) is 3.67. The molecule has 0 saturated heterocycles. The SMILES string of the molecule is Clc1scc(-c2ccccc2)c1Cc1ccccc1. The minimum absolute atomic E-state index is 0.882. The van der Waals surface area contributed by atoms with Crippen LogP contribution in [0.1, 0.15) is 11.1 Å². The van der Waals surface area contributed by atoms with Gasteiger partial charge in [0.15, 0.2) is 0 Å². The molecule has 0 unspecified atom stereocenters. The van der Waals surface area contributed by atoms with E-state index in [1.54, 1.807) is 11.3 Å². The van der Waals surface area contributed by atoms with E-state index >= 15 is 0 Å². The highest BCUT2D eigenvalue weighted by Gasteiger charge is 2.12. The summed E-state index contributed by atoms with van der Waals surface area (Å²) in [6.45, 7) is 0. The smallest absolute Gasteiger partial charge is 0.0970 e. The normalized spacial score (nSPS) is 10.6. The van der Waals surface area contributed by atoms with Gasteiger partial charge in [-0.05, 0) is 22.3 Å². The van der Waals surface area contributed by atoms with Crippen LogP contribution in [-0.4, -0.2) is 0 Å². The first-order valence-electron chi connectivity index (χ1n) is 6.20. The van der Waals surface area contributed by atoms with Gasteiger partial charge in [0.1, 0.15) is 0 Å². The van der Waals surface area contributed by atoms with Crippen molar-refractivity contribution >= 4 is 22.9 Å². The van der Waals surface area contributed by atoms with Crippen LogP contribution in [0, 0.1) is 0 Å². The summed E-state index contributed by atoms with van der Waals surface area (Å²) in [5.41, 5.74) is 5.00. The summed E-state index contributed by atoms with van der Waals surface area (Å²) in [4.78, 5) is 0. The van der Waals surface area contributed by atoms with Gasteiger partial charge in [0.2, 0.25) is 0 Å². The Balaban J connectivity index is 2.00. The summed E-state index contributed by atoms with van der Waals surface area (Å²) in [5, 5.41) is 2.15. The van der Waals surface area contributed by atoms with Crippen LogP contribution in [0.2, 0.25) is 4.34 Å². The molecule has 2 heteroatoms. The molecule has 3 aromatic rings. The Labute approximate surface area is 122 Å². The van der Waals surface area contributed by atoms with Crippen LogP contribution in [0.4, 0.5) is 0 Å². The fourth-order valence-corrected chi connectivity index (χ4v) is 3.31. The molecule has 0 radical (unpaired) electrons. The second kappa shape index (κ2) is 5.60. The zero-order valence-electron chi connectivity index (χ0n) is 10.3. The molecule has 1 aromatic heterocycles. The van der Waals surface area contributed by atoms with Crippen molar-refractivity contribution in [1.29, 1.82) is 0 Å². The van der Waals surface area contributed by atoms with E-state index in [9.17, 15) is 0 Å². The Morgan fingerprint density at radius 1 is 0.842 bits per heavy atom. The maximum absolute atomic E-state index is 6.36. The Bertz CT molecular complexity index is 656. The van der Waals surface area contributed by atoms with Crippen molar-refractivity contribution in [2.45, 2.75) is 6.42 Å². The van der Waals surface area contributed by atoms with E-state index in [1.165, 1.54) is 22.3 Å². The van der Waals surface area contributed by atoms with E-state index in [0.717, 1.165) is 10.8 Å². The molecule has 0 aliphatic carbocycles. The molecule has 0 aliphatic heterocycles. The van der Waals surface area contributed by atoms with Crippen LogP contribution in [0.3, 0.4) is 0 Å². The number of hydrogen-bond donors (Lipinski definition) is 0. The van der Waals surface area contributed by atoms with Crippen LogP contribution >= 0.6 is 22.9 Å². The predicted molar refractivity (Wildman–Crippen MR) is 84.0 cm³/mol. The number of rotatable bonds is 3. The van der Waals surface area contributed by atoms with E-state index in [2.05, 4.69) is 53.9 Å². The van der Waals surface area contributed by atoms with Crippen molar-refractivity contribution in [2.75, 3.05) is 0 Å². The molecule has 0 spiro atoms. The average Bonchev–Trinajstić information content (AvgIpc) is 2.82. The van der Waals surface area contributed by atoms with Gasteiger partial charge >= 0.3 is 0 Å². The van der Waals surface area contributed by atoms with Gasteiger partial charge in [-0.2, -0.15) is 0 Å². The molecule has 0 atom stereocenters. The Hall–Kier alpha value is -1.57. The van der Waals surface area contributed by atoms with Gasteiger partial charge in [0.25, 0.3) is 0 Å². The molecule has 0 nitrogen and oxygen atoms in total. The molecule has 2 aromatic carbocycles.